The third-order valence-corrected chi connectivity index (χ3v) is 6.87. The van der Waals surface area contributed by atoms with E-state index in [9.17, 15) is 9.59 Å². The van der Waals surface area contributed by atoms with Gasteiger partial charge in [-0.05, 0) is 83.2 Å². The van der Waals surface area contributed by atoms with Gasteiger partial charge in [0.05, 0.1) is 6.04 Å². The van der Waals surface area contributed by atoms with Gasteiger partial charge in [0.25, 0.3) is 0 Å². The number of amides is 2. The third-order valence-electron chi connectivity index (χ3n) is 6.87. The smallest absolute Gasteiger partial charge is 0.415 e. The number of nitrogens with one attached hydrogen (secondary N) is 1. The van der Waals surface area contributed by atoms with Crippen LogP contribution in [0.1, 0.15) is 63.6 Å². The maximum atomic E-state index is 13.9. The van der Waals surface area contributed by atoms with Crippen LogP contribution in [-0.2, 0) is 16.0 Å². The molecule has 3 aliphatic rings. The Morgan fingerprint density at radius 2 is 1.85 bits per heavy atom. The Hall–Kier alpha value is -2.60. The van der Waals surface area contributed by atoms with Crippen LogP contribution in [0.2, 0.25) is 0 Å². The maximum absolute atomic E-state index is 13.9. The average molecular weight is 452 g/mol. The summed E-state index contributed by atoms with van der Waals surface area (Å²) in [6, 6.07) is 7.71. The van der Waals surface area contributed by atoms with Crippen LogP contribution in [0.4, 0.5) is 4.79 Å². The SMILES string of the molecule is CN(C(=O)C1C=CC=C(C2CCNCC2)N1C(=O)OC(C)(C)C)C1CCCc2ccccc21. The minimum atomic E-state index is -0.700. The molecule has 33 heavy (non-hydrogen) atoms. The molecule has 178 valence electrons. The van der Waals surface area contributed by atoms with Crippen molar-refractivity contribution in [3.8, 4) is 0 Å². The highest BCUT2D eigenvalue weighted by Gasteiger charge is 2.40. The lowest BCUT2D eigenvalue weighted by atomic mass is 9.86. The topological polar surface area (TPSA) is 61.9 Å². The van der Waals surface area contributed by atoms with Crippen molar-refractivity contribution in [2.45, 2.75) is 70.6 Å². The standard InChI is InChI=1S/C27H37N3O3/c1-27(2,3)33-26(32)30-22(20-15-17-28-18-16-20)12-8-14-24(30)25(31)29(4)23-13-7-10-19-9-5-6-11-21(19)23/h5-6,8-9,11-12,14,20,23-24,28H,7,10,13,15-18H2,1-4H3. The maximum Gasteiger partial charge on any atom is 0.415 e. The summed E-state index contributed by atoms with van der Waals surface area (Å²) in [5.74, 6) is 0.151. The van der Waals surface area contributed by atoms with Gasteiger partial charge in [0.15, 0.2) is 0 Å². The molecule has 0 radical (unpaired) electrons. The Bertz CT molecular complexity index is 940. The fraction of sp³-hybridized carbons (Fsp3) is 0.556. The Balaban J connectivity index is 1.63. The molecule has 1 saturated heterocycles. The Morgan fingerprint density at radius 1 is 1.12 bits per heavy atom. The lowest BCUT2D eigenvalue weighted by Crippen LogP contribution is -2.53. The minimum absolute atomic E-state index is 0.0181. The van der Waals surface area contributed by atoms with E-state index >= 15 is 0 Å². The van der Waals surface area contributed by atoms with Crippen molar-refractivity contribution in [1.82, 2.24) is 15.1 Å². The van der Waals surface area contributed by atoms with Crippen LogP contribution in [0.5, 0.6) is 0 Å². The summed E-state index contributed by atoms with van der Waals surface area (Å²) in [6.45, 7) is 7.40. The number of piperidine rings is 1. The number of hydrogen-bond donors (Lipinski definition) is 1. The second kappa shape index (κ2) is 9.72. The summed E-state index contributed by atoms with van der Waals surface area (Å²) in [6.07, 6.45) is 10.2. The number of rotatable bonds is 3. The monoisotopic (exact) mass is 451 g/mol. The molecular weight excluding hydrogens is 414 g/mol. The largest absolute Gasteiger partial charge is 0.443 e. The fourth-order valence-corrected chi connectivity index (χ4v) is 5.25. The number of aryl methyl sites for hydroxylation is 1. The van der Waals surface area contributed by atoms with Crippen molar-refractivity contribution in [2.24, 2.45) is 5.92 Å². The second-order valence-corrected chi connectivity index (χ2v) is 10.4. The number of ether oxygens (including phenoxy) is 1. The molecular formula is C27H37N3O3. The first-order chi connectivity index (χ1) is 15.8. The van der Waals surface area contributed by atoms with E-state index in [1.54, 1.807) is 4.90 Å². The molecule has 4 rings (SSSR count). The van der Waals surface area contributed by atoms with E-state index in [1.165, 1.54) is 11.1 Å². The van der Waals surface area contributed by atoms with Gasteiger partial charge in [-0.15, -0.1) is 0 Å². The predicted octanol–water partition coefficient (Wildman–Crippen LogP) is 4.58. The minimum Gasteiger partial charge on any atom is -0.443 e. The van der Waals surface area contributed by atoms with Gasteiger partial charge in [0.2, 0.25) is 5.91 Å². The Morgan fingerprint density at radius 3 is 2.58 bits per heavy atom. The van der Waals surface area contributed by atoms with Gasteiger partial charge in [0.1, 0.15) is 11.6 Å². The summed E-state index contributed by atoms with van der Waals surface area (Å²) in [7, 11) is 1.87. The number of fused-ring (bicyclic) bond motifs is 1. The van der Waals surface area contributed by atoms with Crippen molar-refractivity contribution in [3.05, 3.63) is 59.3 Å². The molecule has 0 bridgehead atoms. The van der Waals surface area contributed by atoms with Crippen molar-refractivity contribution < 1.29 is 14.3 Å². The number of benzene rings is 1. The van der Waals surface area contributed by atoms with E-state index in [0.29, 0.717) is 0 Å². The molecule has 2 heterocycles. The fourth-order valence-electron chi connectivity index (χ4n) is 5.25. The quantitative estimate of drug-likeness (QED) is 0.731. The molecule has 1 aromatic rings. The lowest BCUT2D eigenvalue weighted by Gasteiger charge is -2.41. The molecule has 1 fully saturated rings. The molecule has 2 amide bonds. The van der Waals surface area contributed by atoms with Crippen LogP contribution < -0.4 is 5.32 Å². The van der Waals surface area contributed by atoms with Crippen LogP contribution in [0.25, 0.3) is 0 Å². The Labute approximate surface area is 197 Å². The number of nitrogens with zero attached hydrogens (tertiary/aromatic N) is 2. The number of hydrogen-bond acceptors (Lipinski definition) is 4. The van der Waals surface area contributed by atoms with Crippen LogP contribution in [-0.4, -0.2) is 53.6 Å². The predicted molar refractivity (Wildman–Crippen MR) is 130 cm³/mol. The summed E-state index contributed by atoms with van der Waals surface area (Å²) in [4.78, 5) is 30.8. The second-order valence-electron chi connectivity index (χ2n) is 10.4. The van der Waals surface area contributed by atoms with Crippen LogP contribution >= 0.6 is 0 Å². The van der Waals surface area contributed by atoms with E-state index in [0.717, 1.165) is 50.9 Å². The van der Waals surface area contributed by atoms with Crippen LogP contribution in [0.3, 0.4) is 0 Å². The number of likely N-dealkylation sites (N-methyl/N-ethyl adjacent to an activating group) is 1. The highest BCUT2D eigenvalue weighted by atomic mass is 16.6. The average Bonchev–Trinajstić information content (AvgIpc) is 2.81. The summed E-state index contributed by atoms with van der Waals surface area (Å²) >= 11 is 0. The zero-order valence-electron chi connectivity index (χ0n) is 20.3. The van der Waals surface area contributed by atoms with E-state index in [2.05, 4.69) is 23.5 Å². The molecule has 2 aliphatic heterocycles. The van der Waals surface area contributed by atoms with Crippen LogP contribution in [0.15, 0.2) is 48.2 Å². The molecule has 6 heteroatoms. The van der Waals surface area contributed by atoms with Crippen molar-refractivity contribution >= 4 is 12.0 Å². The zero-order valence-corrected chi connectivity index (χ0v) is 20.3. The molecule has 0 spiro atoms. The molecule has 1 aliphatic carbocycles. The third kappa shape index (κ3) is 5.16. The van der Waals surface area contributed by atoms with E-state index in [4.69, 9.17) is 4.74 Å². The highest BCUT2D eigenvalue weighted by Crippen LogP contribution is 2.36. The molecule has 0 aromatic heterocycles. The highest BCUT2D eigenvalue weighted by molar-refractivity contribution is 5.89. The van der Waals surface area contributed by atoms with Gasteiger partial charge in [-0.25, -0.2) is 4.79 Å². The van der Waals surface area contributed by atoms with Gasteiger partial charge in [-0.2, -0.15) is 0 Å². The van der Waals surface area contributed by atoms with Crippen molar-refractivity contribution in [1.29, 1.82) is 0 Å². The van der Waals surface area contributed by atoms with Crippen molar-refractivity contribution in [3.63, 3.8) is 0 Å². The van der Waals surface area contributed by atoms with E-state index < -0.39 is 17.7 Å². The number of carbonyl (C=O) groups excluding carboxylic acids is 2. The first-order valence-electron chi connectivity index (χ1n) is 12.2. The first-order valence-corrected chi connectivity index (χ1v) is 12.2. The van der Waals surface area contributed by atoms with E-state index in [-0.39, 0.29) is 17.9 Å². The summed E-state index contributed by atoms with van der Waals surface area (Å²) in [5.41, 5.74) is 2.78. The molecule has 1 aromatic carbocycles. The Kier molecular flexibility index (Phi) is 6.94. The zero-order chi connectivity index (χ0) is 23.6. The molecule has 1 N–H and O–H groups in total. The van der Waals surface area contributed by atoms with Gasteiger partial charge < -0.3 is 15.0 Å². The molecule has 0 saturated carbocycles. The first kappa shape index (κ1) is 23.6. The molecule has 2 atom stereocenters. The summed E-state index contributed by atoms with van der Waals surface area (Å²) in [5, 5.41) is 3.39. The normalized spacial score (nSPS) is 23.5. The summed E-state index contributed by atoms with van der Waals surface area (Å²) < 4.78 is 5.79. The molecule has 6 nitrogen and oxygen atoms in total. The van der Waals surface area contributed by atoms with Crippen molar-refractivity contribution in [2.75, 3.05) is 20.1 Å². The number of allylic oxidation sites excluding steroid dienone is 3. The van der Waals surface area contributed by atoms with Gasteiger partial charge in [0, 0.05) is 18.7 Å². The lowest BCUT2D eigenvalue weighted by molar-refractivity contribution is -0.136. The van der Waals surface area contributed by atoms with Gasteiger partial charge in [-0.1, -0.05) is 36.4 Å². The molecule has 2 unspecified atom stereocenters. The number of carbonyl (C=O) groups is 2. The van der Waals surface area contributed by atoms with E-state index in [1.807, 2.05) is 57.0 Å². The van der Waals surface area contributed by atoms with Crippen LogP contribution in [0, 0.1) is 5.92 Å². The van der Waals surface area contributed by atoms with Gasteiger partial charge >= 0.3 is 6.09 Å². The van der Waals surface area contributed by atoms with Gasteiger partial charge in [-0.3, -0.25) is 9.69 Å².